The molecule has 4 heteroatoms. The van der Waals surface area contributed by atoms with Gasteiger partial charge in [0.05, 0.1) is 22.7 Å². The molecule has 5 aromatic rings. The van der Waals surface area contributed by atoms with Crippen LogP contribution >= 0.6 is 0 Å². The van der Waals surface area contributed by atoms with E-state index in [1.807, 2.05) is 0 Å². The normalized spacial score (nSPS) is 21.1. The molecule has 0 aromatic heterocycles. The molecule has 0 saturated carbocycles. The first-order valence-electron chi connectivity index (χ1n) is 14.8. The molecule has 0 spiro atoms. The third-order valence-corrected chi connectivity index (χ3v) is 9.59. The molecule has 4 nitrogen and oxygen atoms in total. The minimum Gasteiger partial charge on any atom is -0.352 e. The topological polar surface area (TPSA) is 13.0 Å². The Balaban J connectivity index is 1.31. The Morgan fingerprint density at radius 2 is 1.20 bits per heavy atom. The van der Waals surface area contributed by atoms with E-state index in [-0.39, 0.29) is 0 Å². The largest absolute Gasteiger partial charge is 0.352 e. The fraction of sp³-hybridized carbons (Fsp3) is 0.278. The van der Waals surface area contributed by atoms with Crippen LogP contribution in [0.25, 0.3) is 21.5 Å². The number of rotatable bonds is 3. The van der Waals surface area contributed by atoms with Gasteiger partial charge in [0.2, 0.25) is 0 Å². The predicted molar refractivity (Wildman–Crippen MR) is 171 cm³/mol. The van der Waals surface area contributed by atoms with E-state index < -0.39 is 0 Å². The molecular weight excluding hydrogens is 488 g/mol. The van der Waals surface area contributed by atoms with Crippen LogP contribution in [-0.2, 0) is 6.42 Å². The van der Waals surface area contributed by atoms with Gasteiger partial charge in [-0.1, -0.05) is 62.7 Å². The Bertz CT molecular complexity index is 1790. The van der Waals surface area contributed by atoms with Gasteiger partial charge in [0, 0.05) is 31.0 Å². The van der Waals surface area contributed by atoms with Crippen molar-refractivity contribution in [3.05, 3.63) is 96.6 Å². The van der Waals surface area contributed by atoms with Gasteiger partial charge in [0.1, 0.15) is 12.3 Å². The van der Waals surface area contributed by atoms with Gasteiger partial charge in [-0.05, 0) is 88.8 Å². The average molecular weight is 525 g/mol. The fourth-order valence-electron chi connectivity index (χ4n) is 7.79. The Morgan fingerprint density at radius 3 is 1.90 bits per heavy atom. The minimum absolute atomic E-state index is 0.309. The van der Waals surface area contributed by atoms with Crippen molar-refractivity contribution in [2.45, 2.75) is 45.4 Å². The van der Waals surface area contributed by atoms with Crippen LogP contribution in [0.2, 0.25) is 0 Å². The summed E-state index contributed by atoms with van der Waals surface area (Å²) >= 11 is 0. The zero-order valence-corrected chi connectivity index (χ0v) is 23.8. The van der Waals surface area contributed by atoms with Crippen molar-refractivity contribution in [1.82, 2.24) is 0 Å². The molecule has 3 unspecified atom stereocenters. The SMILES string of the molecule is CCCC1N(C)c2ccccc2N1c1cccc2c1CC(C)C1N(C)c3cc4cc5ccccc5cc4cc3N21. The summed E-state index contributed by atoms with van der Waals surface area (Å²) in [7, 11) is 4.54. The molecule has 8 rings (SSSR count). The van der Waals surface area contributed by atoms with Gasteiger partial charge in [-0.2, -0.15) is 0 Å². The first-order valence-corrected chi connectivity index (χ1v) is 14.8. The van der Waals surface area contributed by atoms with Crippen molar-refractivity contribution < 1.29 is 0 Å². The monoisotopic (exact) mass is 524 g/mol. The second kappa shape index (κ2) is 8.66. The summed E-state index contributed by atoms with van der Waals surface area (Å²) in [6, 6.07) is 34.2. The summed E-state index contributed by atoms with van der Waals surface area (Å²) in [6.45, 7) is 4.73. The van der Waals surface area contributed by atoms with E-state index in [0.717, 1.165) is 19.3 Å². The number of hydrogen-bond donors (Lipinski definition) is 0. The average Bonchev–Trinajstić information content (AvgIpc) is 3.42. The maximum absolute atomic E-state index is 2.64. The zero-order valence-electron chi connectivity index (χ0n) is 23.8. The number of anilines is 6. The van der Waals surface area contributed by atoms with Gasteiger partial charge in [-0.15, -0.1) is 0 Å². The second-order valence-electron chi connectivity index (χ2n) is 12.0. The van der Waals surface area contributed by atoms with Crippen molar-refractivity contribution in [2.24, 2.45) is 5.92 Å². The predicted octanol–water partition coefficient (Wildman–Crippen LogP) is 8.81. The molecule has 0 saturated heterocycles. The molecule has 0 bridgehead atoms. The van der Waals surface area contributed by atoms with Crippen LogP contribution in [0.4, 0.5) is 34.1 Å². The quantitative estimate of drug-likeness (QED) is 0.219. The molecule has 0 N–H and O–H groups in total. The molecule has 3 atom stereocenters. The standard InChI is InChI=1S/C36H36N4/c1-5-11-35-37(3)31-14-8-9-15-32(31)39(35)29-16-10-17-30-28(29)18-23(2)36-38(4)33-21-26-19-24-12-6-7-13-25(24)20-27(26)22-34(33)40(30)36/h6-10,12-17,19-23,35-36H,5,11,18H2,1-4H3. The summed E-state index contributed by atoms with van der Waals surface area (Å²) in [6.07, 6.45) is 3.98. The number of fused-ring (bicyclic) bond motifs is 8. The summed E-state index contributed by atoms with van der Waals surface area (Å²) < 4.78 is 0. The van der Waals surface area contributed by atoms with Gasteiger partial charge in [0.25, 0.3) is 0 Å². The van der Waals surface area contributed by atoms with Gasteiger partial charge < -0.3 is 19.6 Å². The summed E-state index contributed by atoms with van der Waals surface area (Å²) in [5, 5.41) is 5.21. The third-order valence-electron chi connectivity index (χ3n) is 9.59. The Labute approximate surface area is 237 Å². The lowest BCUT2D eigenvalue weighted by molar-refractivity contribution is 0.437. The van der Waals surface area contributed by atoms with Crippen LogP contribution < -0.4 is 19.6 Å². The lowest BCUT2D eigenvalue weighted by Crippen LogP contribution is -2.47. The Hall–Kier alpha value is -4.18. The molecule has 0 aliphatic carbocycles. The minimum atomic E-state index is 0.309. The maximum atomic E-state index is 2.64. The Morgan fingerprint density at radius 1 is 0.600 bits per heavy atom. The molecule has 3 aliphatic rings. The van der Waals surface area contributed by atoms with Crippen molar-refractivity contribution >= 4 is 55.7 Å². The van der Waals surface area contributed by atoms with E-state index in [1.54, 1.807) is 0 Å². The lowest BCUT2D eigenvalue weighted by Gasteiger charge is -2.43. The molecule has 200 valence electrons. The van der Waals surface area contributed by atoms with Gasteiger partial charge in [-0.25, -0.2) is 0 Å². The van der Waals surface area contributed by atoms with Crippen LogP contribution in [-0.4, -0.2) is 26.4 Å². The van der Waals surface area contributed by atoms with E-state index in [4.69, 9.17) is 0 Å². The third kappa shape index (κ3) is 3.19. The smallest absolute Gasteiger partial charge is 0.109 e. The van der Waals surface area contributed by atoms with Gasteiger partial charge in [-0.3, -0.25) is 0 Å². The van der Waals surface area contributed by atoms with Crippen molar-refractivity contribution in [3.8, 4) is 0 Å². The highest BCUT2D eigenvalue weighted by molar-refractivity contribution is 6.04. The van der Waals surface area contributed by atoms with Crippen LogP contribution in [0.1, 0.15) is 32.3 Å². The molecule has 3 heterocycles. The number of hydrogen-bond acceptors (Lipinski definition) is 4. The molecule has 0 radical (unpaired) electrons. The first kappa shape index (κ1) is 23.7. The first-order chi connectivity index (χ1) is 19.5. The second-order valence-corrected chi connectivity index (χ2v) is 12.0. The van der Waals surface area contributed by atoms with Crippen LogP contribution in [0.15, 0.2) is 91.0 Å². The van der Waals surface area contributed by atoms with E-state index in [9.17, 15) is 0 Å². The van der Waals surface area contributed by atoms with Gasteiger partial charge >= 0.3 is 0 Å². The molecule has 5 aromatic carbocycles. The number of nitrogens with zero attached hydrogens (tertiary/aromatic N) is 4. The fourth-order valence-corrected chi connectivity index (χ4v) is 7.79. The highest BCUT2D eigenvalue weighted by Crippen LogP contribution is 2.54. The Kier molecular flexibility index (Phi) is 5.13. The van der Waals surface area contributed by atoms with Crippen LogP contribution in [0.3, 0.4) is 0 Å². The number of para-hydroxylation sites is 2. The van der Waals surface area contributed by atoms with E-state index in [2.05, 4.69) is 139 Å². The molecular formula is C36H36N4. The zero-order chi connectivity index (χ0) is 27.1. The van der Waals surface area contributed by atoms with Crippen molar-refractivity contribution in [2.75, 3.05) is 33.7 Å². The summed E-state index contributed by atoms with van der Waals surface area (Å²) in [5.41, 5.74) is 9.48. The van der Waals surface area contributed by atoms with E-state index in [0.29, 0.717) is 18.2 Å². The van der Waals surface area contributed by atoms with Gasteiger partial charge in [0.15, 0.2) is 0 Å². The molecule has 40 heavy (non-hydrogen) atoms. The highest BCUT2D eigenvalue weighted by atomic mass is 15.4. The summed E-state index contributed by atoms with van der Waals surface area (Å²) in [5.74, 6) is 0.480. The summed E-state index contributed by atoms with van der Waals surface area (Å²) in [4.78, 5) is 10.3. The molecule has 3 aliphatic heterocycles. The molecule has 0 amide bonds. The lowest BCUT2D eigenvalue weighted by atomic mass is 9.89. The molecule has 0 fully saturated rings. The maximum Gasteiger partial charge on any atom is 0.109 e. The van der Waals surface area contributed by atoms with Crippen LogP contribution in [0.5, 0.6) is 0 Å². The van der Waals surface area contributed by atoms with E-state index >= 15 is 0 Å². The van der Waals surface area contributed by atoms with Crippen LogP contribution in [0, 0.1) is 5.92 Å². The van der Waals surface area contributed by atoms with Crippen molar-refractivity contribution in [3.63, 3.8) is 0 Å². The number of benzene rings is 5. The van der Waals surface area contributed by atoms with Crippen molar-refractivity contribution in [1.29, 1.82) is 0 Å². The van der Waals surface area contributed by atoms with E-state index in [1.165, 1.54) is 61.2 Å². The highest BCUT2D eigenvalue weighted by Gasteiger charge is 2.44.